The maximum absolute atomic E-state index is 13.2. The van der Waals surface area contributed by atoms with Crippen LogP contribution in [-0.4, -0.2) is 33.9 Å². The molecule has 0 aliphatic heterocycles. The van der Waals surface area contributed by atoms with Crippen molar-refractivity contribution < 1.29 is 23.9 Å². The molecule has 0 saturated heterocycles. The third kappa shape index (κ3) is 5.94. The van der Waals surface area contributed by atoms with Crippen LogP contribution < -0.4 is 14.2 Å². The topological polar surface area (TPSA) is 106 Å². The Labute approximate surface area is 208 Å². The van der Waals surface area contributed by atoms with Gasteiger partial charge in [0.05, 0.1) is 44.7 Å². The molecular weight excluding hydrogens is 470 g/mol. The molecule has 3 aromatic rings. The lowest BCUT2D eigenvalue weighted by molar-refractivity contribution is -0.387. The minimum atomic E-state index is -0.608. The minimum absolute atomic E-state index is 0.0365. The predicted molar refractivity (Wildman–Crippen MR) is 133 cm³/mol. The van der Waals surface area contributed by atoms with Gasteiger partial charge >= 0.3 is 5.97 Å². The molecule has 0 bridgehead atoms. The second-order valence-electron chi connectivity index (χ2n) is 8.55. The van der Waals surface area contributed by atoms with Gasteiger partial charge in [-0.25, -0.2) is 9.48 Å². The van der Waals surface area contributed by atoms with Crippen molar-refractivity contribution in [1.82, 2.24) is 9.78 Å². The summed E-state index contributed by atoms with van der Waals surface area (Å²) >= 11 is 1.14. The number of nitro benzene ring substituents is 1. The molecular formula is C25H29N3O6S. The molecule has 186 valence electrons. The second kappa shape index (κ2) is 10.8. The summed E-state index contributed by atoms with van der Waals surface area (Å²) in [5, 5.41) is 16.1. The highest BCUT2D eigenvalue weighted by atomic mass is 32.2. The SMILES string of the molecule is CCOc1ccc(C(=O)Oc2c(Sc3ccccc3[N+](=O)[O-])c(C)nn2C(C)(C)C)cc1OCC. The van der Waals surface area contributed by atoms with E-state index in [-0.39, 0.29) is 17.1 Å². The molecule has 1 aromatic heterocycles. The number of benzene rings is 2. The van der Waals surface area contributed by atoms with Crippen molar-refractivity contribution in [3.05, 3.63) is 63.8 Å². The number of nitro groups is 1. The maximum Gasteiger partial charge on any atom is 0.345 e. The summed E-state index contributed by atoms with van der Waals surface area (Å²) in [6.45, 7) is 12.1. The van der Waals surface area contributed by atoms with E-state index >= 15 is 0 Å². The molecule has 0 fully saturated rings. The predicted octanol–water partition coefficient (Wildman–Crippen LogP) is 6.02. The highest BCUT2D eigenvalue weighted by molar-refractivity contribution is 7.99. The number of carbonyl (C=O) groups is 1. The monoisotopic (exact) mass is 499 g/mol. The van der Waals surface area contributed by atoms with E-state index in [1.807, 2.05) is 34.6 Å². The molecule has 2 aromatic carbocycles. The van der Waals surface area contributed by atoms with E-state index in [9.17, 15) is 14.9 Å². The van der Waals surface area contributed by atoms with Crippen molar-refractivity contribution in [3.8, 4) is 17.4 Å². The van der Waals surface area contributed by atoms with Crippen molar-refractivity contribution >= 4 is 23.4 Å². The van der Waals surface area contributed by atoms with Crippen LogP contribution in [0.4, 0.5) is 5.69 Å². The summed E-state index contributed by atoms with van der Waals surface area (Å²) in [6.07, 6.45) is 0. The zero-order chi connectivity index (χ0) is 25.8. The molecule has 3 rings (SSSR count). The van der Waals surface area contributed by atoms with E-state index in [4.69, 9.17) is 14.2 Å². The number of aryl methyl sites for hydroxylation is 1. The van der Waals surface area contributed by atoms with Crippen LogP contribution in [0.15, 0.2) is 52.3 Å². The number of hydrogen-bond donors (Lipinski definition) is 0. The van der Waals surface area contributed by atoms with E-state index < -0.39 is 16.4 Å². The molecule has 0 aliphatic carbocycles. The van der Waals surface area contributed by atoms with Crippen molar-refractivity contribution in [2.24, 2.45) is 0 Å². The number of esters is 1. The average Bonchev–Trinajstić information content (AvgIpc) is 3.11. The fourth-order valence-electron chi connectivity index (χ4n) is 3.28. The third-order valence-corrected chi connectivity index (χ3v) is 6.08. The summed E-state index contributed by atoms with van der Waals surface area (Å²) < 4.78 is 18.7. The smallest absolute Gasteiger partial charge is 0.345 e. The van der Waals surface area contributed by atoms with Crippen LogP contribution in [0.25, 0.3) is 0 Å². The van der Waals surface area contributed by atoms with Gasteiger partial charge in [0.1, 0.15) is 0 Å². The second-order valence-corrected chi connectivity index (χ2v) is 9.60. The van der Waals surface area contributed by atoms with Crippen molar-refractivity contribution in [2.45, 2.75) is 56.9 Å². The Kier molecular flexibility index (Phi) is 8.06. The Morgan fingerprint density at radius 2 is 1.74 bits per heavy atom. The molecule has 0 unspecified atom stereocenters. The first-order chi connectivity index (χ1) is 16.6. The first kappa shape index (κ1) is 26.1. The molecule has 0 amide bonds. The van der Waals surface area contributed by atoms with Gasteiger partial charge < -0.3 is 14.2 Å². The molecule has 10 heteroatoms. The zero-order valence-corrected chi connectivity index (χ0v) is 21.5. The Balaban J connectivity index is 2.04. The van der Waals surface area contributed by atoms with Crippen LogP contribution in [0.2, 0.25) is 0 Å². The van der Waals surface area contributed by atoms with E-state index in [2.05, 4.69) is 5.10 Å². The normalized spacial score (nSPS) is 11.3. The number of carbonyl (C=O) groups excluding carboxylic acids is 1. The summed E-state index contributed by atoms with van der Waals surface area (Å²) in [5.74, 6) is 0.590. The van der Waals surface area contributed by atoms with Crippen LogP contribution in [0.1, 0.15) is 50.7 Å². The standard InChI is InChI=1S/C25H29N3O6S/c1-7-32-19-14-13-17(15-20(19)33-8-2)24(29)34-23-22(16(3)26-27(23)25(4,5)6)35-21-12-10-9-11-18(21)28(30)31/h9-15H,7-8H2,1-6H3. The molecule has 0 spiro atoms. The maximum atomic E-state index is 13.2. The highest BCUT2D eigenvalue weighted by Crippen LogP contribution is 2.43. The Morgan fingerprint density at radius 3 is 2.37 bits per heavy atom. The molecule has 0 saturated carbocycles. The number of aromatic nitrogens is 2. The number of ether oxygens (including phenoxy) is 3. The lowest BCUT2D eigenvalue weighted by atomic mass is 10.1. The highest BCUT2D eigenvalue weighted by Gasteiger charge is 2.29. The summed E-state index contributed by atoms with van der Waals surface area (Å²) in [5.41, 5.74) is 0.313. The third-order valence-electron chi connectivity index (χ3n) is 4.84. The molecule has 0 N–H and O–H groups in total. The molecule has 0 radical (unpaired) electrons. The van der Waals surface area contributed by atoms with Gasteiger partial charge in [-0.3, -0.25) is 10.1 Å². The molecule has 0 aliphatic rings. The summed E-state index contributed by atoms with van der Waals surface area (Å²) in [7, 11) is 0. The van der Waals surface area contributed by atoms with Crippen molar-refractivity contribution in [1.29, 1.82) is 0 Å². The van der Waals surface area contributed by atoms with Gasteiger partial charge in [0.25, 0.3) is 5.69 Å². The molecule has 9 nitrogen and oxygen atoms in total. The lowest BCUT2D eigenvalue weighted by Gasteiger charge is -2.22. The van der Waals surface area contributed by atoms with Crippen LogP contribution >= 0.6 is 11.8 Å². The summed E-state index contributed by atoms with van der Waals surface area (Å²) in [6, 6.07) is 11.3. The molecule has 1 heterocycles. The van der Waals surface area contributed by atoms with E-state index in [1.165, 1.54) is 6.07 Å². The fraction of sp³-hybridized carbons (Fsp3) is 0.360. The number of rotatable bonds is 9. The quantitative estimate of drug-likeness (QED) is 0.200. The fourth-order valence-corrected chi connectivity index (χ4v) is 4.30. The Morgan fingerprint density at radius 1 is 1.09 bits per heavy atom. The van der Waals surface area contributed by atoms with E-state index in [1.54, 1.807) is 48.0 Å². The average molecular weight is 500 g/mol. The number of hydrogen-bond acceptors (Lipinski definition) is 8. The minimum Gasteiger partial charge on any atom is -0.490 e. The number of nitrogens with zero attached hydrogens (tertiary/aromatic N) is 3. The zero-order valence-electron chi connectivity index (χ0n) is 20.7. The van der Waals surface area contributed by atoms with Crippen LogP contribution in [0.3, 0.4) is 0 Å². The Hall–Kier alpha value is -3.53. The van der Waals surface area contributed by atoms with Crippen molar-refractivity contribution in [2.75, 3.05) is 13.2 Å². The van der Waals surface area contributed by atoms with E-state index in [0.29, 0.717) is 40.2 Å². The van der Waals surface area contributed by atoms with Crippen molar-refractivity contribution in [3.63, 3.8) is 0 Å². The van der Waals surface area contributed by atoms with Gasteiger partial charge in [-0.2, -0.15) is 5.10 Å². The van der Waals surface area contributed by atoms with Crippen LogP contribution in [-0.2, 0) is 5.54 Å². The number of para-hydroxylation sites is 1. The van der Waals surface area contributed by atoms with Crippen LogP contribution in [0.5, 0.6) is 17.4 Å². The lowest BCUT2D eigenvalue weighted by Crippen LogP contribution is -2.25. The largest absolute Gasteiger partial charge is 0.490 e. The van der Waals surface area contributed by atoms with Gasteiger partial charge in [0.2, 0.25) is 5.88 Å². The van der Waals surface area contributed by atoms with Gasteiger partial charge in [-0.1, -0.05) is 23.9 Å². The Bertz CT molecular complexity index is 1230. The van der Waals surface area contributed by atoms with Gasteiger partial charge in [-0.05, 0) is 65.8 Å². The van der Waals surface area contributed by atoms with Gasteiger partial charge in [0, 0.05) is 6.07 Å². The van der Waals surface area contributed by atoms with Gasteiger partial charge in [-0.15, -0.1) is 0 Å². The summed E-state index contributed by atoms with van der Waals surface area (Å²) in [4.78, 5) is 25.3. The molecule has 35 heavy (non-hydrogen) atoms. The molecule has 0 atom stereocenters. The first-order valence-corrected chi connectivity index (χ1v) is 12.0. The van der Waals surface area contributed by atoms with Gasteiger partial charge in [0.15, 0.2) is 11.5 Å². The van der Waals surface area contributed by atoms with Crippen LogP contribution in [0, 0.1) is 17.0 Å². The van der Waals surface area contributed by atoms with E-state index in [0.717, 1.165) is 11.8 Å². The first-order valence-electron chi connectivity index (χ1n) is 11.2.